The maximum atomic E-state index is 8.98. The zero-order chi connectivity index (χ0) is 20.8. The number of aryl methyl sites for hydroxylation is 3. The van der Waals surface area contributed by atoms with Crippen molar-refractivity contribution in [2.24, 2.45) is 0 Å². The molecule has 0 N–H and O–H groups in total. The average Bonchev–Trinajstić information content (AvgIpc) is 2.71. The van der Waals surface area contributed by atoms with Crippen LogP contribution in [0.15, 0.2) is 54.6 Å². The molecule has 3 aromatic carbocycles. The predicted molar refractivity (Wildman–Crippen MR) is 115 cm³/mol. The van der Waals surface area contributed by atoms with Crippen LogP contribution in [0, 0.1) is 67.1 Å². The van der Waals surface area contributed by atoms with Crippen LogP contribution in [0.4, 0.5) is 0 Å². The van der Waals surface area contributed by atoms with Crippen LogP contribution in [0.5, 0.6) is 0 Å². The van der Waals surface area contributed by atoms with Crippen LogP contribution in [0.2, 0.25) is 0 Å². The van der Waals surface area contributed by atoms with E-state index >= 15 is 0 Å². The smallest absolute Gasteiger partial charge is 0.0991 e. The summed E-state index contributed by atoms with van der Waals surface area (Å²) in [7, 11) is 0. The van der Waals surface area contributed by atoms with Crippen molar-refractivity contribution in [3.05, 3.63) is 105 Å². The minimum Gasteiger partial charge on any atom is -0.192 e. The van der Waals surface area contributed by atoms with Crippen LogP contribution in [0.25, 0.3) is 0 Å². The van der Waals surface area contributed by atoms with Crippen molar-refractivity contribution in [2.75, 3.05) is 0 Å². The highest BCUT2D eigenvalue weighted by Crippen LogP contribution is 2.13. The zero-order valence-corrected chi connectivity index (χ0v) is 16.6. The van der Waals surface area contributed by atoms with Gasteiger partial charge in [-0.3, -0.25) is 0 Å². The highest BCUT2D eigenvalue weighted by atomic mass is 14.2. The Labute approximate surface area is 172 Å². The molecule has 0 aromatic heterocycles. The molecule has 0 aliphatic rings. The summed E-state index contributed by atoms with van der Waals surface area (Å²) in [6, 6.07) is 21.3. The molecule has 0 unspecified atom stereocenters. The van der Waals surface area contributed by atoms with E-state index in [1.165, 1.54) is 0 Å². The van der Waals surface area contributed by atoms with Crippen LogP contribution in [0.1, 0.15) is 50.1 Å². The van der Waals surface area contributed by atoms with Gasteiger partial charge in [0.2, 0.25) is 0 Å². The lowest BCUT2D eigenvalue weighted by molar-refractivity contribution is 1.39. The molecule has 0 fully saturated rings. The number of rotatable bonds is 0. The summed E-state index contributed by atoms with van der Waals surface area (Å²) in [5.74, 6) is 12.8. The monoisotopic (exact) mass is 370 g/mol. The van der Waals surface area contributed by atoms with Gasteiger partial charge in [0, 0.05) is 22.3 Å². The summed E-state index contributed by atoms with van der Waals surface area (Å²) in [6.45, 7) is 5.94. The number of benzene rings is 3. The lowest BCUT2D eigenvalue weighted by atomic mass is 10.0. The molecule has 0 heterocycles. The van der Waals surface area contributed by atoms with Crippen LogP contribution < -0.4 is 0 Å². The van der Waals surface area contributed by atoms with E-state index in [2.05, 4.69) is 35.8 Å². The quantitative estimate of drug-likeness (QED) is 0.514. The highest BCUT2D eigenvalue weighted by Gasteiger charge is 1.99. The standard InChI is InChI=1S/C27H18N2/c1-19-12-22(4-8-26-10-6-24(17-28)14-20(26)2)16-23(13-19)5-9-27-11-7-25(18-29)15-21(27)3/h6-7,10-16H,1-3H3. The van der Waals surface area contributed by atoms with Gasteiger partial charge in [-0.1, -0.05) is 23.7 Å². The molecule has 2 nitrogen and oxygen atoms in total. The number of hydrogen-bond acceptors (Lipinski definition) is 2. The van der Waals surface area contributed by atoms with E-state index < -0.39 is 0 Å². The van der Waals surface area contributed by atoms with Crippen molar-refractivity contribution < 1.29 is 0 Å². The molecule has 0 aliphatic carbocycles. The Hall–Kier alpha value is -4.24. The lowest BCUT2D eigenvalue weighted by Crippen LogP contribution is -1.87. The zero-order valence-electron chi connectivity index (χ0n) is 16.6. The molecule has 136 valence electrons. The van der Waals surface area contributed by atoms with Gasteiger partial charge in [-0.25, -0.2) is 0 Å². The third kappa shape index (κ3) is 4.93. The van der Waals surface area contributed by atoms with Crippen molar-refractivity contribution in [2.45, 2.75) is 20.8 Å². The van der Waals surface area contributed by atoms with E-state index in [-0.39, 0.29) is 0 Å². The second-order valence-corrected chi connectivity index (χ2v) is 6.87. The van der Waals surface area contributed by atoms with Crippen molar-refractivity contribution >= 4 is 0 Å². The first-order valence-electron chi connectivity index (χ1n) is 9.16. The summed E-state index contributed by atoms with van der Waals surface area (Å²) in [5, 5.41) is 18.0. The Morgan fingerprint density at radius 1 is 0.517 bits per heavy atom. The summed E-state index contributed by atoms with van der Waals surface area (Å²) in [5.41, 5.74) is 7.95. The minimum atomic E-state index is 0.638. The van der Waals surface area contributed by atoms with Crippen LogP contribution >= 0.6 is 0 Å². The van der Waals surface area contributed by atoms with Crippen molar-refractivity contribution in [1.29, 1.82) is 10.5 Å². The molecule has 0 saturated carbocycles. The number of hydrogen-bond donors (Lipinski definition) is 0. The maximum Gasteiger partial charge on any atom is 0.0991 e. The van der Waals surface area contributed by atoms with Gasteiger partial charge < -0.3 is 0 Å². The molecular formula is C27H18N2. The first-order chi connectivity index (χ1) is 14.0. The van der Waals surface area contributed by atoms with Gasteiger partial charge in [0.25, 0.3) is 0 Å². The van der Waals surface area contributed by atoms with E-state index in [4.69, 9.17) is 10.5 Å². The largest absolute Gasteiger partial charge is 0.192 e. The lowest BCUT2D eigenvalue weighted by Gasteiger charge is -2.00. The SMILES string of the molecule is Cc1cc(C#Cc2ccc(C#N)cc2C)cc(C#Cc2ccc(C#N)cc2C)c1. The molecule has 3 rings (SSSR count). The fraction of sp³-hybridized carbons (Fsp3) is 0.111. The summed E-state index contributed by atoms with van der Waals surface area (Å²) in [6.07, 6.45) is 0. The molecule has 3 aromatic rings. The molecule has 0 saturated heterocycles. The normalized spacial score (nSPS) is 9.28. The Balaban J connectivity index is 1.91. The summed E-state index contributed by atoms with van der Waals surface area (Å²) in [4.78, 5) is 0. The van der Waals surface area contributed by atoms with Crippen molar-refractivity contribution in [3.63, 3.8) is 0 Å². The molecule has 29 heavy (non-hydrogen) atoms. The summed E-state index contributed by atoms with van der Waals surface area (Å²) < 4.78 is 0. The molecule has 0 amide bonds. The molecule has 0 aliphatic heterocycles. The van der Waals surface area contributed by atoms with E-state index in [1.807, 2.05) is 63.2 Å². The van der Waals surface area contributed by atoms with Crippen LogP contribution in [-0.4, -0.2) is 0 Å². The Kier molecular flexibility index (Phi) is 5.81. The molecule has 2 heteroatoms. The van der Waals surface area contributed by atoms with Crippen LogP contribution in [-0.2, 0) is 0 Å². The van der Waals surface area contributed by atoms with Crippen LogP contribution in [0.3, 0.4) is 0 Å². The summed E-state index contributed by atoms with van der Waals surface area (Å²) >= 11 is 0. The average molecular weight is 370 g/mol. The van der Waals surface area contributed by atoms with Crippen molar-refractivity contribution in [1.82, 2.24) is 0 Å². The maximum absolute atomic E-state index is 8.98. The van der Waals surface area contributed by atoms with Gasteiger partial charge in [0.1, 0.15) is 0 Å². The molecule has 0 spiro atoms. The van der Waals surface area contributed by atoms with Gasteiger partial charge in [0.05, 0.1) is 23.3 Å². The van der Waals surface area contributed by atoms with E-state index in [0.29, 0.717) is 11.1 Å². The van der Waals surface area contributed by atoms with E-state index in [9.17, 15) is 0 Å². The molecular weight excluding hydrogens is 352 g/mol. The second kappa shape index (κ2) is 8.63. The molecule has 0 atom stereocenters. The fourth-order valence-corrected chi connectivity index (χ4v) is 2.95. The minimum absolute atomic E-state index is 0.638. The van der Waals surface area contributed by atoms with Gasteiger partial charge in [-0.2, -0.15) is 10.5 Å². The van der Waals surface area contributed by atoms with Gasteiger partial charge in [-0.15, -0.1) is 0 Å². The Bertz CT molecular complexity index is 1210. The third-order valence-electron chi connectivity index (χ3n) is 4.47. The van der Waals surface area contributed by atoms with E-state index in [1.54, 1.807) is 12.1 Å². The second-order valence-electron chi connectivity index (χ2n) is 6.87. The topological polar surface area (TPSA) is 47.6 Å². The number of nitrogens with zero attached hydrogens (tertiary/aromatic N) is 2. The van der Waals surface area contributed by atoms with Gasteiger partial charge in [-0.05, 0) is 92.1 Å². The Morgan fingerprint density at radius 3 is 1.34 bits per heavy atom. The van der Waals surface area contributed by atoms with Crippen molar-refractivity contribution in [3.8, 4) is 35.8 Å². The predicted octanol–water partition coefficient (Wildman–Crippen LogP) is 5.15. The van der Waals surface area contributed by atoms with Gasteiger partial charge in [0.15, 0.2) is 0 Å². The third-order valence-corrected chi connectivity index (χ3v) is 4.47. The highest BCUT2D eigenvalue weighted by molar-refractivity contribution is 5.54. The first kappa shape index (κ1) is 19.5. The Morgan fingerprint density at radius 2 is 0.966 bits per heavy atom. The molecule has 0 bridgehead atoms. The first-order valence-corrected chi connectivity index (χ1v) is 9.16. The van der Waals surface area contributed by atoms with E-state index in [0.717, 1.165) is 38.9 Å². The fourth-order valence-electron chi connectivity index (χ4n) is 2.95. The molecule has 0 radical (unpaired) electrons. The number of nitriles is 2. The van der Waals surface area contributed by atoms with Gasteiger partial charge >= 0.3 is 0 Å².